The number of ether oxygens (including phenoxy) is 1. The van der Waals surface area contributed by atoms with Gasteiger partial charge in [0.25, 0.3) is 0 Å². The van der Waals surface area contributed by atoms with Crippen LogP contribution >= 0.6 is 0 Å². The van der Waals surface area contributed by atoms with E-state index in [4.69, 9.17) is 9.84 Å². The Morgan fingerprint density at radius 3 is 2.24 bits per heavy atom. The molecule has 1 aliphatic rings. The van der Waals surface area contributed by atoms with Gasteiger partial charge in [-0.25, -0.2) is 14.4 Å². The Bertz CT molecular complexity index is 1090. The predicted octanol–water partition coefficient (Wildman–Crippen LogP) is 4.82. The highest BCUT2D eigenvalue weighted by atomic mass is 16.6. The molecule has 0 unspecified atom stereocenters. The van der Waals surface area contributed by atoms with Gasteiger partial charge >= 0.3 is 18.2 Å². The highest BCUT2D eigenvalue weighted by Crippen LogP contribution is 2.21. The van der Waals surface area contributed by atoms with Crippen LogP contribution < -0.4 is 16.0 Å². The fourth-order valence-corrected chi connectivity index (χ4v) is 3.98. The van der Waals surface area contributed by atoms with Gasteiger partial charge in [0, 0.05) is 25.3 Å². The van der Waals surface area contributed by atoms with Crippen molar-refractivity contribution in [3.8, 4) is 0 Å². The molecule has 0 saturated carbocycles. The number of piperidine rings is 1. The van der Waals surface area contributed by atoms with Gasteiger partial charge in [-0.2, -0.15) is 0 Å². The van der Waals surface area contributed by atoms with Crippen molar-refractivity contribution in [2.45, 2.75) is 52.2 Å². The first-order valence-electron chi connectivity index (χ1n) is 12.3. The van der Waals surface area contributed by atoms with Crippen LogP contribution in [-0.2, 0) is 17.7 Å². The molecule has 3 rings (SSSR count). The normalized spacial score (nSPS) is 14.6. The van der Waals surface area contributed by atoms with Gasteiger partial charge in [0.2, 0.25) is 5.96 Å². The van der Waals surface area contributed by atoms with Gasteiger partial charge in [-0.1, -0.05) is 42.5 Å². The van der Waals surface area contributed by atoms with Gasteiger partial charge in [-0.3, -0.25) is 5.32 Å². The molecular weight excluding hydrogens is 474 g/mol. The Morgan fingerprint density at radius 2 is 1.65 bits per heavy atom. The third-order valence-corrected chi connectivity index (χ3v) is 5.75. The van der Waals surface area contributed by atoms with Crippen molar-refractivity contribution < 1.29 is 24.2 Å². The van der Waals surface area contributed by atoms with Crippen molar-refractivity contribution in [2.24, 2.45) is 10.9 Å². The molecule has 1 fully saturated rings. The van der Waals surface area contributed by atoms with E-state index in [1.54, 1.807) is 45.0 Å². The quantitative estimate of drug-likeness (QED) is 0.337. The SMILES string of the molecule is CC(C)(C)OC(=O)N=C(NC(=O)O)Nc1ccc(CNC(=O)N2CCC(Cc3ccccc3)CC2)cc1. The minimum atomic E-state index is -1.38. The Morgan fingerprint density at radius 1 is 1.00 bits per heavy atom. The maximum absolute atomic E-state index is 12.6. The highest BCUT2D eigenvalue weighted by Gasteiger charge is 2.23. The number of nitrogens with zero attached hydrogens (tertiary/aromatic N) is 2. The fraction of sp³-hybridized carbons (Fsp3) is 0.407. The molecule has 2 aromatic rings. The third-order valence-electron chi connectivity index (χ3n) is 5.75. The van der Waals surface area contributed by atoms with E-state index in [-0.39, 0.29) is 12.0 Å². The molecule has 37 heavy (non-hydrogen) atoms. The number of likely N-dealkylation sites (tertiary alicyclic amines) is 1. The summed E-state index contributed by atoms with van der Waals surface area (Å²) < 4.78 is 5.10. The van der Waals surface area contributed by atoms with Crippen LogP contribution in [0.2, 0.25) is 0 Å². The first-order chi connectivity index (χ1) is 17.6. The molecule has 1 aliphatic heterocycles. The second kappa shape index (κ2) is 12.8. The van der Waals surface area contributed by atoms with Gasteiger partial charge in [0.1, 0.15) is 5.60 Å². The van der Waals surface area contributed by atoms with E-state index >= 15 is 0 Å². The maximum atomic E-state index is 12.6. The zero-order valence-electron chi connectivity index (χ0n) is 21.5. The average Bonchev–Trinajstić information content (AvgIpc) is 2.83. The number of urea groups is 1. The Kier molecular flexibility index (Phi) is 9.48. The van der Waals surface area contributed by atoms with Crippen LogP contribution in [0.15, 0.2) is 59.6 Å². The number of carbonyl (C=O) groups is 3. The van der Waals surface area contributed by atoms with Gasteiger partial charge < -0.3 is 25.4 Å². The van der Waals surface area contributed by atoms with E-state index in [2.05, 4.69) is 39.9 Å². The largest absolute Gasteiger partial charge is 0.465 e. The minimum absolute atomic E-state index is 0.0854. The van der Waals surface area contributed by atoms with E-state index in [1.807, 2.05) is 16.3 Å². The van der Waals surface area contributed by atoms with Gasteiger partial charge in [0.05, 0.1) is 0 Å². The zero-order valence-corrected chi connectivity index (χ0v) is 21.5. The molecule has 0 bridgehead atoms. The molecule has 0 spiro atoms. The molecule has 1 heterocycles. The molecule has 10 heteroatoms. The minimum Gasteiger partial charge on any atom is -0.465 e. The molecule has 4 amide bonds. The number of hydrogen-bond acceptors (Lipinski definition) is 4. The summed E-state index contributed by atoms with van der Waals surface area (Å²) in [6, 6.07) is 17.3. The monoisotopic (exact) mass is 509 g/mol. The number of anilines is 1. The first kappa shape index (κ1) is 27.5. The number of rotatable bonds is 5. The number of guanidine groups is 1. The van der Waals surface area contributed by atoms with Gasteiger partial charge in [-0.15, -0.1) is 4.99 Å². The highest BCUT2D eigenvalue weighted by molar-refractivity contribution is 6.05. The van der Waals surface area contributed by atoms with Crippen LogP contribution in [0.5, 0.6) is 0 Å². The van der Waals surface area contributed by atoms with Crippen molar-refractivity contribution in [3.63, 3.8) is 0 Å². The predicted molar refractivity (Wildman–Crippen MR) is 142 cm³/mol. The van der Waals surface area contributed by atoms with Crippen LogP contribution in [0, 0.1) is 5.92 Å². The van der Waals surface area contributed by atoms with E-state index in [1.165, 1.54) is 5.56 Å². The van der Waals surface area contributed by atoms with Crippen LogP contribution in [0.3, 0.4) is 0 Å². The summed E-state index contributed by atoms with van der Waals surface area (Å²) >= 11 is 0. The Balaban J connectivity index is 1.47. The second-order valence-electron chi connectivity index (χ2n) is 9.97. The number of carboxylic acid groups (broad SMARTS) is 1. The lowest BCUT2D eigenvalue weighted by molar-refractivity contribution is 0.0604. The molecule has 198 valence electrons. The summed E-state index contributed by atoms with van der Waals surface area (Å²) in [6.07, 6.45) is 0.717. The molecular formula is C27H35N5O5. The standard InChI is InChI=1S/C27H35N5O5/c1-27(2,3)37-26(36)31-23(30-25(34)35)29-22-11-9-21(10-12-22)18-28-24(33)32-15-13-20(14-16-32)17-19-7-5-4-6-8-19/h4-12,20H,13-18H2,1-3H3,(H,28,33)(H,34,35)(H2,29,30,31,36). The van der Waals surface area contributed by atoms with Crippen molar-refractivity contribution in [3.05, 3.63) is 65.7 Å². The van der Waals surface area contributed by atoms with Crippen LogP contribution in [0.25, 0.3) is 0 Å². The molecule has 2 aromatic carbocycles. The number of carbonyl (C=O) groups excluding carboxylic acids is 2. The lowest BCUT2D eigenvalue weighted by Crippen LogP contribution is -2.44. The number of benzene rings is 2. The summed E-state index contributed by atoms with van der Waals surface area (Å²) in [5, 5.41) is 16.8. The maximum Gasteiger partial charge on any atom is 0.437 e. The number of aliphatic imine (C=N–C) groups is 1. The first-order valence-corrected chi connectivity index (χ1v) is 12.3. The van der Waals surface area contributed by atoms with Crippen LogP contribution in [-0.4, -0.2) is 52.9 Å². The molecule has 0 aromatic heterocycles. The third kappa shape index (κ3) is 9.83. The van der Waals surface area contributed by atoms with Gasteiger partial charge in [0.15, 0.2) is 0 Å². The molecule has 4 N–H and O–H groups in total. The van der Waals surface area contributed by atoms with Crippen molar-refractivity contribution in [1.82, 2.24) is 15.5 Å². The van der Waals surface area contributed by atoms with Crippen molar-refractivity contribution in [2.75, 3.05) is 18.4 Å². The zero-order chi connectivity index (χ0) is 26.8. The number of amides is 4. The molecule has 0 atom stereocenters. The van der Waals surface area contributed by atoms with E-state index in [0.717, 1.165) is 37.9 Å². The molecule has 0 radical (unpaired) electrons. The van der Waals surface area contributed by atoms with E-state index in [9.17, 15) is 14.4 Å². The summed E-state index contributed by atoms with van der Waals surface area (Å²) in [5.74, 6) is 0.310. The smallest absolute Gasteiger partial charge is 0.437 e. The van der Waals surface area contributed by atoms with Crippen molar-refractivity contribution in [1.29, 1.82) is 0 Å². The number of hydrogen-bond donors (Lipinski definition) is 4. The van der Waals surface area contributed by atoms with Crippen molar-refractivity contribution >= 4 is 29.9 Å². The average molecular weight is 510 g/mol. The summed E-state index contributed by atoms with van der Waals surface area (Å²) in [7, 11) is 0. The fourth-order valence-electron chi connectivity index (χ4n) is 3.98. The molecule has 10 nitrogen and oxygen atoms in total. The topological polar surface area (TPSA) is 132 Å². The van der Waals surface area contributed by atoms with Crippen LogP contribution in [0.1, 0.15) is 44.7 Å². The Labute approximate surface area is 217 Å². The van der Waals surface area contributed by atoms with E-state index in [0.29, 0.717) is 18.2 Å². The Hall–Kier alpha value is -4.08. The lowest BCUT2D eigenvalue weighted by atomic mass is 9.90. The lowest BCUT2D eigenvalue weighted by Gasteiger charge is -2.32. The van der Waals surface area contributed by atoms with Crippen LogP contribution in [0.4, 0.5) is 20.1 Å². The number of nitrogens with one attached hydrogen (secondary N) is 3. The molecule has 1 saturated heterocycles. The summed E-state index contributed by atoms with van der Waals surface area (Å²) in [5.41, 5.74) is 1.95. The molecule has 0 aliphatic carbocycles. The second-order valence-corrected chi connectivity index (χ2v) is 9.97. The van der Waals surface area contributed by atoms with E-state index < -0.39 is 17.8 Å². The summed E-state index contributed by atoms with van der Waals surface area (Å²) in [6.45, 7) is 6.89. The summed E-state index contributed by atoms with van der Waals surface area (Å²) in [4.78, 5) is 41.2. The van der Waals surface area contributed by atoms with Gasteiger partial charge in [-0.05, 0) is 69.2 Å².